The summed E-state index contributed by atoms with van der Waals surface area (Å²) in [5, 5.41) is 3.19. The minimum absolute atomic E-state index is 0.0658. The van der Waals surface area contributed by atoms with Crippen LogP contribution in [-0.2, 0) is 0 Å². The monoisotopic (exact) mass is 289 g/mol. The lowest BCUT2D eigenvalue weighted by atomic mass is 9.99. The average molecular weight is 289 g/mol. The minimum atomic E-state index is -0.0658. The molecule has 0 unspecified atom stereocenters. The molecule has 5 heteroatoms. The van der Waals surface area contributed by atoms with Crippen molar-refractivity contribution in [1.82, 2.24) is 15.2 Å². The van der Waals surface area contributed by atoms with Crippen LogP contribution in [0.4, 0.5) is 0 Å². The van der Waals surface area contributed by atoms with E-state index in [9.17, 15) is 4.79 Å². The largest absolute Gasteiger partial charge is 0.477 e. The van der Waals surface area contributed by atoms with Gasteiger partial charge in [0, 0.05) is 24.8 Å². The van der Waals surface area contributed by atoms with Crippen molar-refractivity contribution >= 4 is 5.91 Å². The molecular weight excluding hydrogens is 266 g/mol. The number of piperidine rings is 1. The number of hydrogen-bond acceptors (Lipinski definition) is 4. The van der Waals surface area contributed by atoms with Gasteiger partial charge in [-0.15, -0.1) is 0 Å². The number of hydrogen-bond donors (Lipinski definition) is 1. The van der Waals surface area contributed by atoms with Crippen molar-refractivity contribution in [3.8, 4) is 5.88 Å². The van der Waals surface area contributed by atoms with Crippen molar-refractivity contribution < 1.29 is 9.53 Å². The van der Waals surface area contributed by atoms with Crippen molar-refractivity contribution in [2.45, 2.75) is 44.7 Å². The summed E-state index contributed by atoms with van der Waals surface area (Å²) in [5.74, 6) is 0.361. The highest BCUT2D eigenvalue weighted by atomic mass is 16.5. The van der Waals surface area contributed by atoms with Crippen LogP contribution in [0.2, 0.25) is 0 Å². The van der Waals surface area contributed by atoms with Gasteiger partial charge in [-0.25, -0.2) is 4.98 Å². The summed E-state index contributed by atoms with van der Waals surface area (Å²) in [6.07, 6.45) is 6.44. The number of pyridine rings is 1. The maximum atomic E-state index is 12.5. The molecule has 0 aromatic carbocycles. The van der Waals surface area contributed by atoms with Gasteiger partial charge in [0.15, 0.2) is 0 Å². The van der Waals surface area contributed by atoms with E-state index in [1.54, 1.807) is 18.3 Å². The average Bonchev–Trinajstić information content (AvgIpc) is 2.91. The molecule has 5 nitrogen and oxygen atoms in total. The highest BCUT2D eigenvalue weighted by Gasteiger charge is 2.36. The summed E-state index contributed by atoms with van der Waals surface area (Å²) in [4.78, 5) is 19.2. The Morgan fingerprint density at radius 3 is 3.19 bits per heavy atom. The fourth-order valence-corrected chi connectivity index (χ4v) is 3.48. The first kappa shape index (κ1) is 14.3. The van der Waals surface area contributed by atoms with Gasteiger partial charge in [-0.1, -0.05) is 6.42 Å². The second kappa shape index (κ2) is 6.43. The molecule has 1 amide bonds. The molecule has 1 aromatic rings. The van der Waals surface area contributed by atoms with Crippen LogP contribution in [0.5, 0.6) is 5.88 Å². The lowest BCUT2D eigenvalue weighted by Gasteiger charge is -2.32. The van der Waals surface area contributed by atoms with Crippen LogP contribution in [0.3, 0.4) is 0 Å². The van der Waals surface area contributed by atoms with Crippen molar-refractivity contribution in [3.05, 3.63) is 23.9 Å². The zero-order valence-electron chi connectivity index (χ0n) is 12.5. The van der Waals surface area contributed by atoms with E-state index in [1.165, 1.54) is 25.8 Å². The number of nitrogens with zero attached hydrogens (tertiary/aromatic N) is 2. The maximum Gasteiger partial charge on any atom is 0.257 e. The van der Waals surface area contributed by atoms with Gasteiger partial charge in [0.05, 0.1) is 6.61 Å². The summed E-state index contributed by atoms with van der Waals surface area (Å²) in [5.41, 5.74) is 0.536. The van der Waals surface area contributed by atoms with Crippen LogP contribution in [0.1, 0.15) is 43.0 Å². The van der Waals surface area contributed by atoms with E-state index in [4.69, 9.17) is 4.74 Å². The normalized spacial score (nSPS) is 25.4. The Kier molecular flexibility index (Phi) is 4.39. The third kappa shape index (κ3) is 3.02. The number of nitrogens with one attached hydrogen (secondary N) is 1. The first-order chi connectivity index (χ1) is 10.3. The molecule has 2 atom stereocenters. The summed E-state index contributed by atoms with van der Waals surface area (Å²) in [6, 6.07) is 4.32. The number of carbonyl (C=O) groups excluding carboxylic acids is 1. The Morgan fingerprint density at radius 1 is 1.43 bits per heavy atom. The van der Waals surface area contributed by atoms with Crippen molar-refractivity contribution in [3.63, 3.8) is 0 Å². The van der Waals surface area contributed by atoms with Crippen molar-refractivity contribution in [2.75, 3.05) is 19.7 Å². The summed E-state index contributed by atoms with van der Waals surface area (Å²) >= 11 is 0. The molecule has 3 rings (SSSR count). The Balaban J connectivity index is 1.69. The van der Waals surface area contributed by atoms with Crippen LogP contribution < -0.4 is 10.1 Å². The summed E-state index contributed by atoms with van der Waals surface area (Å²) in [6.45, 7) is 4.68. The van der Waals surface area contributed by atoms with Gasteiger partial charge in [-0.05, 0) is 44.9 Å². The molecule has 3 heterocycles. The van der Waals surface area contributed by atoms with Gasteiger partial charge in [0.25, 0.3) is 5.91 Å². The first-order valence-corrected chi connectivity index (χ1v) is 7.92. The molecule has 114 valence electrons. The third-order valence-corrected chi connectivity index (χ3v) is 4.47. The summed E-state index contributed by atoms with van der Waals surface area (Å²) < 4.78 is 5.45. The number of ether oxygens (including phenoxy) is 1. The molecule has 1 aromatic heterocycles. The Bertz CT molecular complexity index is 506. The molecular formula is C16H23N3O2. The lowest BCUT2D eigenvalue weighted by Crippen LogP contribution is -2.46. The highest BCUT2D eigenvalue weighted by molar-refractivity contribution is 5.96. The highest BCUT2D eigenvalue weighted by Crippen LogP contribution is 2.27. The number of amides is 1. The van der Waals surface area contributed by atoms with Gasteiger partial charge in [0.1, 0.15) is 5.56 Å². The second-order valence-corrected chi connectivity index (χ2v) is 5.76. The smallest absolute Gasteiger partial charge is 0.257 e. The molecule has 2 aliphatic heterocycles. The number of fused-ring (bicyclic) bond motifs is 1. The van der Waals surface area contributed by atoms with Crippen LogP contribution in [-0.4, -0.2) is 47.6 Å². The van der Waals surface area contributed by atoms with E-state index in [2.05, 4.69) is 15.2 Å². The predicted molar refractivity (Wildman–Crippen MR) is 80.5 cm³/mol. The second-order valence-electron chi connectivity index (χ2n) is 5.76. The standard InChI is InChI=1S/C16H23N3O2/c1-2-21-16-12(6-5-9-17-16)15(20)18-13-8-11-19-10-4-3-7-14(13)19/h5-6,9,13-14H,2-4,7-8,10-11H2,1H3,(H,18,20)/t13-,14+/m0/s1. The quantitative estimate of drug-likeness (QED) is 0.919. The first-order valence-electron chi connectivity index (χ1n) is 7.92. The topological polar surface area (TPSA) is 54.5 Å². The van der Waals surface area contributed by atoms with E-state index >= 15 is 0 Å². The number of rotatable bonds is 4. The molecule has 2 fully saturated rings. The SMILES string of the molecule is CCOc1ncccc1C(=O)N[C@H]1CCN2CCCC[C@H]12. The van der Waals surface area contributed by atoms with Crippen molar-refractivity contribution in [1.29, 1.82) is 0 Å². The summed E-state index contributed by atoms with van der Waals surface area (Å²) in [7, 11) is 0. The van der Waals surface area contributed by atoms with Crippen LogP contribution in [0, 0.1) is 0 Å². The van der Waals surface area contributed by atoms with Crippen LogP contribution in [0.25, 0.3) is 0 Å². The van der Waals surface area contributed by atoms with E-state index in [0.29, 0.717) is 24.1 Å². The Labute approximate surface area is 125 Å². The fraction of sp³-hybridized carbons (Fsp3) is 0.625. The molecule has 21 heavy (non-hydrogen) atoms. The zero-order chi connectivity index (χ0) is 14.7. The van der Waals surface area contributed by atoms with Gasteiger partial charge in [0.2, 0.25) is 5.88 Å². The lowest BCUT2D eigenvalue weighted by molar-refractivity contribution is 0.0910. The van der Waals surface area contributed by atoms with Crippen LogP contribution >= 0.6 is 0 Å². The van der Waals surface area contributed by atoms with Crippen LogP contribution in [0.15, 0.2) is 18.3 Å². The Hall–Kier alpha value is -1.62. The van der Waals surface area contributed by atoms with E-state index < -0.39 is 0 Å². The predicted octanol–water partition coefficient (Wildman–Crippen LogP) is 1.84. The third-order valence-electron chi connectivity index (χ3n) is 4.47. The minimum Gasteiger partial charge on any atom is -0.477 e. The van der Waals surface area contributed by atoms with Gasteiger partial charge in [-0.3, -0.25) is 9.69 Å². The molecule has 2 saturated heterocycles. The maximum absolute atomic E-state index is 12.5. The number of carbonyl (C=O) groups is 1. The molecule has 0 aliphatic carbocycles. The van der Waals surface area contributed by atoms with Gasteiger partial charge in [-0.2, -0.15) is 0 Å². The fourth-order valence-electron chi connectivity index (χ4n) is 3.48. The van der Waals surface area contributed by atoms with Gasteiger partial charge < -0.3 is 10.1 Å². The van der Waals surface area contributed by atoms with E-state index in [-0.39, 0.29) is 11.9 Å². The molecule has 1 N–H and O–H groups in total. The van der Waals surface area contributed by atoms with Gasteiger partial charge >= 0.3 is 0 Å². The number of aromatic nitrogens is 1. The molecule has 0 saturated carbocycles. The molecule has 0 spiro atoms. The molecule has 2 aliphatic rings. The zero-order valence-corrected chi connectivity index (χ0v) is 12.5. The van der Waals surface area contributed by atoms with Crippen molar-refractivity contribution in [2.24, 2.45) is 0 Å². The molecule has 0 bridgehead atoms. The van der Waals surface area contributed by atoms with E-state index in [1.807, 2.05) is 6.92 Å². The van der Waals surface area contributed by atoms with E-state index in [0.717, 1.165) is 13.0 Å². The molecule has 0 radical (unpaired) electrons. The Morgan fingerprint density at radius 2 is 2.33 bits per heavy atom.